The second-order valence-corrected chi connectivity index (χ2v) is 8.92. The minimum atomic E-state index is -1.18. The van der Waals surface area contributed by atoms with E-state index in [9.17, 15) is 20.4 Å². The Labute approximate surface area is 144 Å². The summed E-state index contributed by atoms with van der Waals surface area (Å²) >= 11 is 0. The Morgan fingerprint density at radius 1 is 1.08 bits per heavy atom. The predicted octanol–water partition coefficient (Wildman–Crippen LogP) is 0.121. The average Bonchev–Trinajstić information content (AvgIpc) is 2.83. The number of aliphatic hydroxyl groups is 4. The van der Waals surface area contributed by atoms with Gasteiger partial charge in [-0.05, 0) is 57.3 Å². The van der Waals surface area contributed by atoms with E-state index in [1.165, 1.54) is 0 Å². The minimum Gasteiger partial charge on any atom is -0.395 e. The Kier molecular flexibility index (Phi) is 5.27. The largest absolute Gasteiger partial charge is 0.395 e. The number of ether oxygens (including phenoxy) is 1. The lowest BCUT2D eigenvalue weighted by Gasteiger charge is -2.45. The molecule has 0 amide bonds. The molecule has 1 saturated carbocycles. The van der Waals surface area contributed by atoms with Gasteiger partial charge >= 0.3 is 0 Å². The van der Waals surface area contributed by atoms with Gasteiger partial charge in [0.2, 0.25) is 0 Å². The van der Waals surface area contributed by atoms with Crippen LogP contribution >= 0.6 is 0 Å². The second-order valence-electron chi connectivity index (χ2n) is 8.92. The number of rotatable bonds is 3. The van der Waals surface area contributed by atoms with Crippen LogP contribution in [0.5, 0.6) is 0 Å². The van der Waals surface area contributed by atoms with Gasteiger partial charge < -0.3 is 25.2 Å². The molecular weight excluding hydrogens is 310 g/mol. The number of aliphatic hydroxyl groups excluding tert-OH is 4. The molecule has 3 fully saturated rings. The standard InChI is InChI=1S/C18H33NO5/c1-17(2)10-18(11-24-17)5-3-12(4-6-18)7-19-8-14(21)16(23)15(22)13(19)9-20/h12-16,20-23H,3-11H2,1-2H3/t12-,13-,14+,15-,16-,18+/m1/s1. The van der Waals surface area contributed by atoms with Crippen molar-refractivity contribution in [2.75, 3.05) is 26.3 Å². The molecule has 2 heterocycles. The van der Waals surface area contributed by atoms with E-state index in [1.54, 1.807) is 0 Å². The summed E-state index contributed by atoms with van der Waals surface area (Å²) in [4.78, 5) is 1.96. The molecule has 2 aliphatic heterocycles. The highest BCUT2D eigenvalue weighted by molar-refractivity contribution is 4.98. The highest BCUT2D eigenvalue weighted by Crippen LogP contribution is 2.50. The van der Waals surface area contributed by atoms with Crippen LogP contribution in [0.4, 0.5) is 0 Å². The Morgan fingerprint density at radius 2 is 1.75 bits per heavy atom. The molecule has 3 aliphatic rings. The fourth-order valence-electron chi connectivity index (χ4n) is 5.07. The Hall–Kier alpha value is -0.240. The van der Waals surface area contributed by atoms with Crippen molar-refractivity contribution in [2.24, 2.45) is 11.3 Å². The lowest BCUT2D eigenvalue weighted by Crippen LogP contribution is -2.63. The first-order valence-corrected chi connectivity index (χ1v) is 9.28. The summed E-state index contributed by atoms with van der Waals surface area (Å²) in [6.07, 6.45) is 2.44. The van der Waals surface area contributed by atoms with E-state index in [0.717, 1.165) is 45.3 Å². The molecule has 0 aromatic heterocycles. The fraction of sp³-hybridized carbons (Fsp3) is 1.00. The summed E-state index contributed by atoms with van der Waals surface area (Å²) in [5.74, 6) is 0.503. The van der Waals surface area contributed by atoms with E-state index in [-0.39, 0.29) is 12.2 Å². The summed E-state index contributed by atoms with van der Waals surface area (Å²) < 4.78 is 5.96. The van der Waals surface area contributed by atoms with Crippen LogP contribution in [0.1, 0.15) is 46.0 Å². The highest BCUT2D eigenvalue weighted by atomic mass is 16.5. The lowest BCUT2D eigenvalue weighted by molar-refractivity contribution is -0.148. The summed E-state index contributed by atoms with van der Waals surface area (Å²) in [5.41, 5.74) is 0.319. The molecule has 0 unspecified atom stereocenters. The summed E-state index contributed by atoms with van der Waals surface area (Å²) in [6, 6.07) is -0.493. The fourth-order valence-corrected chi connectivity index (χ4v) is 5.07. The predicted molar refractivity (Wildman–Crippen MR) is 89.5 cm³/mol. The molecule has 140 valence electrons. The third-order valence-corrected chi connectivity index (χ3v) is 6.44. The van der Waals surface area contributed by atoms with E-state index in [0.29, 0.717) is 17.9 Å². The molecule has 4 N–H and O–H groups in total. The maximum Gasteiger partial charge on any atom is 0.109 e. The van der Waals surface area contributed by atoms with Gasteiger partial charge in [0.1, 0.15) is 12.2 Å². The van der Waals surface area contributed by atoms with E-state index in [1.807, 2.05) is 4.90 Å². The van der Waals surface area contributed by atoms with Crippen LogP contribution in [-0.2, 0) is 4.74 Å². The van der Waals surface area contributed by atoms with Crippen LogP contribution in [0.15, 0.2) is 0 Å². The smallest absolute Gasteiger partial charge is 0.109 e. The van der Waals surface area contributed by atoms with Crippen LogP contribution in [0.25, 0.3) is 0 Å². The van der Waals surface area contributed by atoms with Crippen molar-refractivity contribution in [3.8, 4) is 0 Å². The first-order valence-electron chi connectivity index (χ1n) is 9.28. The van der Waals surface area contributed by atoms with E-state index < -0.39 is 24.4 Å². The van der Waals surface area contributed by atoms with Crippen LogP contribution in [0, 0.1) is 11.3 Å². The molecule has 3 rings (SSSR count). The van der Waals surface area contributed by atoms with E-state index in [4.69, 9.17) is 4.74 Å². The number of β-amino-alcohol motifs (C(OH)–C–C–N with tert-alkyl or cyclic N) is 1. The third kappa shape index (κ3) is 3.64. The number of hydrogen-bond donors (Lipinski definition) is 4. The van der Waals surface area contributed by atoms with Crippen molar-refractivity contribution in [1.29, 1.82) is 0 Å². The molecule has 4 atom stereocenters. The normalized spacial score (nSPS) is 46.5. The van der Waals surface area contributed by atoms with Gasteiger partial charge in [-0.15, -0.1) is 0 Å². The molecule has 1 spiro atoms. The summed E-state index contributed by atoms with van der Waals surface area (Å²) in [7, 11) is 0. The minimum absolute atomic E-state index is 0.00789. The Bertz CT molecular complexity index is 435. The molecule has 2 saturated heterocycles. The molecule has 0 aromatic rings. The first-order chi connectivity index (χ1) is 11.3. The highest BCUT2D eigenvalue weighted by Gasteiger charge is 2.47. The zero-order valence-electron chi connectivity index (χ0n) is 14.9. The maximum absolute atomic E-state index is 10.1. The SMILES string of the molecule is CC1(C)C[C@]2(CC[C@H](CN3C[C@H](O)[C@@H](O)[C@H](O)[C@H]3CO)CC2)CO1. The number of piperidine rings is 1. The van der Waals surface area contributed by atoms with Crippen LogP contribution in [0.2, 0.25) is 0 Å². The number of likely N-dealkylation sites (tertiary alicyclic amines) is 1. The van der Waals surface area contributed by atoms with Gasteiger partial charge in [-0.2, -0.15) is 0 Å². The zero-order valence-corrected chi connectivity index (χ0v) is 14.9. The molecular formula is C18H33NO5. The van der Waals surface area contributed by atoms with Gasteiger partial charge in [0.25, 0.3) is 0 Å². The number of nitrogens with zero attached hydrogens (tertiary/aromatic N) is 1. The van der Waals surface area contributed by atoms with Crippen molar-refractivity contribution >= 4 is 0 Å². The van der Waals surface area contributed by atoms with Crippen molar-refractivity contribution < 1.29 is 25.2 Å². The molecule has 6 nitrogen and oxygen atoms in total. The quantitative estimate of drug-likeness (QED) is 0.582. The van der Waals surface area contributed by atoms with Crippen molar-refractivity contribution in [3.63, 3.8) is 0 Å². The topological polar surface area (TPSA) is 93.4 Å². The van der Waals surface area contributed by atoms with Crippen LogP contribution in [0.3, 0.4) is 0 Å². The monoisotopic (exact) mass is 343 g/mol. The van der Waals surface area contributed by atoms with Crippen LogP contribution < -0.4 is 0 Å². The van der Waals surface area contributed by atoms with Crippen molar-refractivity contribution in [1.82, 2.24) is 4.90 Å². The van der Waals surface area contributed by atoms with E-state index in [2.05, 4.69) is 13.8 Å². The maximum atomic E-state index is 10.1. The first kappa shape index (κ1) is 18.5. The summed E-state index contributed by atoms with van der Waals surface area (Å²) in [5, 5.41) is 39.4. The molecule has 0 radical (unpaired) electrons. The third-order valence-electron chi connectivity index (χ3n) is 6.44. The van der Waals surface area contributed by atoms with Crippen molar-refractivity contribution in [3.05, 3.63) is 0 Å². The summed E-state index contributed by atoms with van der Waals surface area (Å²) in [6.45, 7) is 6.06. The van der Waals surface area contributed by atoms with Gasteiger partial charge in [0.05, 0.1) is 31.0 Å². The number of hydrogen-bond acceptors (Lipinski definition) is 6. The van der Waals surface area contributed by atoms with E-state index >= 15 is 0 Å². The zero-order chi connectivity index (χ0) is 17.5. The van der Waals surface area contributed by atoms with Gasteiger partial charge in [-0.3, -0.25) is 4.90 Å². The van der Waals surface area contributed by atoms with Gasteiger partial charge in [-0.1, -0.05) is 0 Å². The molecule has 1 aliphatic carbocycles. The van der Waals surface area contributed by atoms with Gasteiger partial charge in [-0.25, -0.2) is 0 Å². The Balaban J connectivity index is 1.56. The van der Waals surface area contributed by atoms with Crippen molar-refractivity contribution in [2.45, 2.75) is 75.9 Å². The molecule has 24 heavy (non-hydrogen) atoms. The molecule has 6 heteroatoms. The van der Waals surface area contributed by atoms with Crippen LogP contribution in [-0.4, -0.2) is 81.6 Å². The second kappa shape index (κ2) is 6.82. The van der Waals surface area contributed by atoms with Gasteiger partial charge in [0.15, 0.2) is 0 Å². The molecule has 0 aromatic carbocycles. The lowest BCUT2D eigenvalue weighted by atomic mass is 9.68. The van der Waals surface area contributed by atoms with Gasteiger partial charge in [0, 0.05) is 13.1 Å². The molecule has 0 bridgehead atoms. The average molecular weight is 343 g/mol. The Morgan fingerprint density at radius 3 is 2.29 bits per heavy atom.